The first kappa shape index (κ1) is 15.6. The van der Waals surface area contributed by atoms with Crippen molar-refractivity contribution < 1.29 is 4.39 Å². The van der Waals surface area contributed by atoms with E-state index >= 15 is 0 Å². The van der Waals surface area contributed by atoms with Gasteiger partial charge in [-0.05, 0) is 56.7 Å². The summed E-state index contributed by atoms with van der Waals surface area (Å²) in [7, 11) is 0. The van der Waals surface area contributed by atoms with Crippen LogP contribution in [0.2, 0.25) is 0 Å². The summed E-state index contributed by atoms with van der Waals surface area (Å²) in [6.07, 6.45) is 0. The van der Waals surface area contributed by atoms with Crippen molar-refractivity contribution in [2.24, 2.45) is 0 Å². The molecule has 2 aromatic rings. The molecule has 0 saturated heterocycles. The van der Waals surface area contributed by atoms with E-state index in [0.717, 1.165) is 9.26 Å². The van der Waals surface area contributed by atoms with Crippen molar-refractivity contribution in [3.8, 4) is 11.4 Å². The van der Waals surface area contributed by atoms with E-state index in [9.17, 15) is 4.39 Å². The highest BCUT2D eigenvalue weighted by Gasteiger charge is 2.22. The predicted molar refractivity (Wildman–Crippen MR) is 91.0 cm³/mol. The van der Waals surface area contributed by atoms with Crippen LogP contribution >= 0.6 is 38.5 Å². The molecule has 1 aromatic heterocycles. The van der Waals surface area contributed by atoms with Gasteiger partial charge in [0.05, 0.1) is 13.7 Å². The molecule has 20 heavy (non-hydrogen) atoms. The number of aromatic nitrogens is 2. The quantitative estimate of drug-likeness (QED) is 0.650. The van der Waals surface area contributed by atoms with Crippen LogP contribution < -0.4 is 5.73 Å². The molecule has 1 heterocycles. The van der Waals surface area contributed by atoms with Gasteiger partial charge in [-0.15, -0.1) is 0 Å². The van der Waals surface area contributed by atoms with Gasteiger partial charge in [0.2, 0.25) is 0 Å². The van der Waals surface area contributed by atoms with Gasteiger partial charge >= 0.3 is 0 Å². The molecule has 0 aliphatic carbocycles. The summed E-state index contributed by atoms with van der Waals surface area (Å²) in [4.78, 5) is 8.83. The molecule has 0 saturated carbocycles. The predicted octanol–water partition coefficient (Wildman–Crippen LogP) is 4.53. The highest BCUT2D eigenvalue weighted by Crippen LogP contribution is 2.31. The third-order valence-corrected chi connectivity index (χ3v) is 4.47. The zero-order valence-corrected chi connectivity index (χ0v) is 15.1. The van der Waals surface area contributed by atoms with E-state index in [-0.39, 0.29) is 11.2 Å². The molecule has 0 fully saturated rings. The Labute approximate surface area is 139 Å². The Bertz CT molecular complexity index is 668. The van der Waals surface area contributed by atoms with Crippen molar-refractivity contribution in [2.75, 3.05) is 5.73 Å². The molecule has 1 aromatic carbocycles. The Hall–Kier alpha value is -0.760. The van der Waals surface area contributed by atoms with Crippen LogP contribution in [0.5, 0.6) is 0 Å². The van der Waals surface area contributed by atoms with E-state index in [1.807, 2.05) is 0 Å². The number of nitrogen functional groups attached to an aromatic ring is 1. The van der Waals surface area contributed by atoms with E-state index in [2.05, 4.69) is 69.3 Å². The van der Waals surface area contributed by atoms with E-state index in [1.54, 1.807) is 12.1 Å². The molecule has 0 bridgehead atoms. The number of rotatable bonds is 1. The van der Waals surface area contributed by atoms with Crippen LogP contribution in [-0.4, -0.2) is 9.97 Å². The number of nitrogens with two attached hydrogens (primary N) is 1. The Balaban J connectivity index is 2.63. The van der Waals surface area contributed by atoms with Crippen molar-refractivity contribution >= 4 is 44.3 Å². The summed E-state index contributed by atoms with van der Waals surface area (Å²) in [6.45, 7) is 6.18. The minimum atomic E-state index is -0.347. The molecular formula is C14H14BrFIN3. The van der Waals surface area contributed by atoms with Crippen molar-refractivity contribution in [3.63, 3.8) is 0 Å². The maximum Gasteiger partial charge on any atom is 0.161 e. The molecule has 0 aliphatic heterocycles. The second-order valence-corrected chi connectivity index (χ2v) is 7.41. The van der Waals surface area contributed by atoms with Crippen LogP contribution in [-0.2, 0) is 5.41 Å². The topological polar surface area (TPSA) is 51.8 Å². The lowest BCUT2D eigenvalue weighted by atomic mass is 9.92. The maximum atomic E-state index is 13.6. The fraction of sp³-hybridized carbons (Fsp3) is 0.286. The lowest BCUT2D eigenvalue weighted by Crippen LogP contribution is -2.18. The Morgan fingerprint density at radius 3 is 2.45 bits per heavy atom. The first-order valence-electron chi connectivity index (χ1n) is 5.99. The largest absolute Gasteiger partial charge is 0.383 e. The van der Waals surface area contributed by atoms with E-state index in [1.165, 1.54) is 6.07 Å². The molecule has 2 N–H and O–H groups in total. The number of hydrogen-bond donors (Lipinski definition) is 1. The lowest BCUT2D eigenvalue weighted by Gasteiger charge is -2.21. The lowest BCUT2D eigenvalue weighted by molar-refractivity contribution is 0.564. The summed E-state index contributed by atoms with van der Waals surface area (Å²) in [5.74, 6) is 0.517. The van der Waals surface area contributed by atoms with Crippen molar-refractivity contribution in [1.29, 1.82) is 0 Å². The summed E-state index contributed by atoms with van der Waals surface area (Å²) >= 11 is 5.28. The SMILES string of the molecule is CC(C)(C)c1nc(-c2ccc(Br)c(F)c2)nc(N)c1I. The summed E-state index contributed by atoms with van der Waals surface area (Å²) < 4.78 is 14.9. The van der Waals surface area contributed by atoms with Gasteiger partial charge in [-0.1, -0.05) is 20.8 Å². The number of hydrogen-bond acceptors (Lipinski definition) is 3. The average Bonchev–Trinajstić information content (AvgIpc) is 2.34. The van der Waals surface area contributed by atoms with E-state index in [4.69, 9.17) is 5.73 Å². The molecule has 3 nitrogen and oxygen atoms in total. The van der Waals surface area contributed by atoms with Crippen LogP contribution in [0, 0.1) is 9.39 Å². The van der Waals surface area contributed by atoms with Gasteiger partial charge in [0, 0.05) is 11.0 Å². The van der Waals surface area contributed by atoms with Crippen LogP contribution in [0.3, 0.4) is 0 Å². The second-order valence-electron chi connectivity index (χ2n) is 5.47. The fourth-order valence-electron chi connectivity index (χ4n) is 1.73. The molecule has 0 spiro atoms. The zero-order chi connectivity index (χ0) is 15.1. The smallest absolute Gasteiger partial charge is 0.161 e. The zero-order valence-electron chi connectivity index (χ0n) is 11.3. The average molecular weight is 450 g/mol. The minimum Gasteiger partial charge on any atom is -0.383 e. The molecule has 6 heteroatoms. The van der Waals surface area contributed by atoms with Crippen LogP contribution in [0.4, 0.5) is 10.2 Å². The van der Waals surface area contributed by atoms with Gasteiger partial charge in [-0.3, -0.25) is 0 Å². The first-order valence-corrected chi connectivity index (χ1v) is 7.86. The second kappa shape index (κ2) is 5.55. The van der Waals surface area contributed by atoms with Gasteiger partial charge in [-0.25, -0.2) is 14.4 Å². The highest BCUT2D eigenvalue weighted by atomic mass is 127. The minimum absolute atomic E-state index is 0.157. The fourth-order valence-corrected chi connectivity index (χ4v) is 3.02. The normalized spacial score (nSPS) is 11.7. The van der Waals surface area contributed by atoms with Crippen LogP contribution in [0.1, 0.15) is 26.5 Å². The van der Waals surface area contributed by atoms with Gasteiger partial charge in [0.25, 0.3) is 0 Å². The third kappa shape index (κ3) is 3.11. The molecule has 0 amide bonds. The molecule has 0 radical (unpaired) electrons. The highest BCUT2D eigenvalue weighted by molar-refractivity contribution is 14.1. The number of anilines is 1. The standard InChI is InChI=1S/C14H14BrFIN3/c1-14(2,3)11-10(17)12(18)20-13(19-11)7-4-5-8(15)9(16)6-7/h4-6H,1-3H3,(H2,18,19,20). The molecular weight excluding hydrogens is 436 g/mol. The van der Waals surface area contributed by atoms with Gasteiger partial charge < -0.3 is 5.73 Å². The number of nitrogens with zero attached hydrogens (tertiary/aromatic N) is 2. The van der Waals surface area contributed by atoms with Crippen LogP contribution in [0.15, 0.2) is 22.7 Å². The number of halogens is 3. The molecule has 106 valence electrons. The maximum absolute atomic E-state index is 13.6. The van der Waals surface area contributed by atoms with Gasteiger partial charge in [0.15, 0.2) is 5.82 Å². The van der Waals surface area contributed by atoms with E-state index in [0.29, 0.717) is 21.7 Å². The number of benzene rings is 1. The van der Waals surface area contributed by atoms with Crippen molar-refractivity contribution in [3.05, 3.63) is 37.8 Å². The molecule has 2 rings (SSSR count). The summed E-state index contributed by atoms with van der Waals surface area (Å²) in [5, 5.41) is 0. The van der Waals surface area contributed by atoms with Crippen molar-refractivity contribution in [1.82, 2.24) is 9.97 Å². The first-order chi connectivity index (χ1) is 9.20. The molecule has 0 aliphatic rings. The van der Waals surface area contributed by atoms with E-state index < -0.39 is 0 Å². The Kier molecular flexibility index (Phi) is 4.34. The Morgan fingerprint density at radius 2 is 1.90 bits per heavy atom. The van der Waals surface area contributed by atoms with Gasteiger partial charge in [-0.2, -0.15) is 0 Å². The van der Waals surface area contributed by atoms with Crippen LogP contribution in [0.25, 0.3) is 11.4 Å². The Morgan fingerprint density at radius 1 is 1.25 bits per heavy atom. The summed E-state index contributed by atoms with van der Waals surface area (Å²) in [6, 6.07) is 4.80. The summed E-state index contributed by atoms with van der Waals surface area (Å²) in [5.41, 5.74) is 7.28. The molecule has 0 unspecified atom stereocenters. The monoisotopic (exact) mass is 449 g/mol. The van der Waals surface area contributed by atoms with Gasteiger partial charge in [0.1, 0.15) is 11.6 Å². The molecule has 0 atom stereocenters. The third-order valence-electron chi connectivity index (χ3n) is 2.77. The van der Waals surface area contributed by atoms with Crippen molar-refractivity contribution in [2.45, 2.75) is 26.2 Å².